The fourth-order valence-electron chi connectivity index (χ4n) is 3.05. The van der Waals surface area contributed by atoms with Crippen LogP contribution in [0.5, 0.6) is 5.88 Å². The highest BCUT2D eigenvalue weighted by atomic mass is 16.6. The maximum Gasteiger partial charge on any atom is 0.278 e. The number of aromatic amines is 1. The Hall–Kier alpha value is -2.75. The molecule has 0 amide bonds. The van der Waals surface area contributed by atoms with Crippen molar-refractivity contribution in [1.29, 1.82) is 0 Å². The van der Waals surface area contributed by atoms with Crippen LogP contribution in [0.4, 0.5) is 5.82 Å². The summed E-state index contributed by atoms with van der Waals surface area (Å²) in [4.78, 5) is 18.2. The van der Waals surface area contributed by atoms with E-state index in [9.17, 15) is 0 Å². The molecule has 3 aromatic rings. The largest absolute Gasteiger partial charge is 0.473 e. The van der Waals surface area contributed by atoms with E-state index in [1.54, 1.807) is 19.6 Å². The molecule has 132 valence electrons. The molecule has 0 radical (unpaired) electrons. The number of aryl methyl sites for hydroxylation is 1. The predicted octanol–water partition coefficient (Wildman–Crippen LogP) is 0.682. The van der Waals surface area contributed by atoms with E-state index < -0.39 is 0 Å². The van der Waals surface area contributed by atoms with Crippen molar-refractivity contribution in [2.45, 2.75) is 25.8 Å². The van der Waals surface area contributed by atoms with Crippen LogP contribution in [0.25, 0.3) is 11.2 Å². The summed E-state index contributed by atoms with van der Waals surface area (Å²) in [7, 11) is 0. The molecular weight excluding hydrogens is 324 g/mol. The first-order chi connectivity index (χ1) is 12.3. The number of hydrogen-bond donors (Lipinski definition) is 2. The number of anilines is 1. The number of hydrogen-bond acceptors (Lipinski definition) is 9. The molecule has 0 aromatic carbocycles. The molecular formula is C15H20N8O2. The number of ether oxygens (including phenoxy) is 1. The van der Waals surface area contributed by atoms with Crippen molar-refractivity contribution < 1.29 is 9.37 Å². The third kappa shape index (κ3) is 3.38. The number of fused-ring (bicyclic) bond motifs is 1. The van der Waals surface area contributed by atoms with Crippen LogP contribution in [0.2, 0.25) is 0 Å². The number of aromatic nitrogens is 6. The minimum absolute atomic E-state index is 0.462. The van der Waals surface area contributed by atoms with Crippen molar-refractivity contribution in [1.82, 2.24) is 35.6 Å². The number of piperidine rings is 1. The molecule has 0 spiro atoms. The van der Waals surface area contributed by atoms with E-state index in [1.165, 1.54) is 0 Å². The van der Waals surface area contributed by atoms with Crippen molar-refractivity contribution in [2.24, 2.45) is 0 Å². The van der Waals surface area contributed by atoms with Crippen molar-refractivity contribution >= 4 is 17.0 Å². The van der Waals surface area contributed by atoms with Crippen LogP contribution >= 0.6 is 0 Å². The molecule has 0 bridgehead atoms. The quantitative estimate of drug-likeness (QED) is 0.622. The minimum atomic E-state index is 0.462. The normalized spacial score (nSPS) is 15.8. The number of nitrogens with zero attached hydrogens (tertiary/aromatic N) is 6. The molecule has 4 heterocycles. The fourth-order valence-corrected chi connectivity index (χ4v) is 3.05. The number of rotatable bonds is 6. The lowest BCUT2D eigenvalue weighted by Crippen LogP contribution is -2.44. The minimum Gasteiger partial charge on any atom is -0.473 e. The Balaban J connectivity index is 1.24. The lowest BCUT2D eigenvalue weighted by molar-refractivity contribution is 0.249. The first-order valence-electron chi connectivity index (χ1n) is 8.35. The summed E-state index contributed by atoms with van der Waals surface area (Å²) in [5.74, 6) is 1.39. The lowest BCUT2D eigenvalue weighted by Gasteiger charge is -2.33. The van der Waals surface area contributed by atoms with Crippen molar-refractivity contribution in [3.05, 3.63) is 18.3 Å². The van der Waals surface area contributed by atoms with E-state index in [0.717, 1.165) is 43.8 Å². The number of nitrogens with one attached hydrogen (secondary N) is 2. The molecule has 10 heteroatoms. The second-order valence-electron chi connectivity index (χ2n) is 6.02. The van der Waals surface area contributed by atoms with Crippen molar-refractivity contribution in [3.63, 3.8) is 0 Å². The Morgan fingerprint density at radius 2 is 2.16 bits per heavy atom. The molecule has 4 rings (SSSR count). The smallest absolute Gasteiger partial charge is 0.278 e. The van der Waals surface area contributed by atoms with Gasteiger partial charge in [-0.05, 0) is 24.9 Å². The molecule has 1 aliphatic heterocycles. The Bertz CT molecular complexity index is 824. The maximum atomic E-state index is 5.53. The lowest BCUT2D eigenvalue weighted by atomic mass is 10.1. The zero-order valence-electron chi connectivity index (χ0n) is 14.0. The van der Waals surface area contributed by atoms with Gasteiger partial charge in [0.25, 0.3) is 5.88 Å². The second kappa shape index (κ2) is 7.01. The van der Waals surface area contributed by atoms with E-state index >= 15 is 0 Å². The summed E-state index contributed by atoms with van der Waals surface area (Å²) in [6.45, 7) is 4.98. The highest BCUT2D eigenvalue weighted by Crippen LogP contribution is 2.23. The van der Waals surface area contributed by atoms with Gasteiger partial charge < -0.3 is 19.9 Å². The molecule has 10 nitrogen and oxygen atoms in total. The van der Waals surface area contributed by atoms with Gasteiger partial charge in [0.15, 0.2) is 11.5 Å². The van der Waals surface area contributed by atoms with Crippen LogP contribution in [0, 0.1) is 6.92 Å². The van der Waals surface area contributed by atoms with Gasteiger partial charge in [0, 0.05) is 25.7 Å². The third-order valence-electron chi connectivity index (χ3n) is 4.38. The Kier molecular flexibility index (Phi) is 4.42. The number of H-pyrrole nitrogens is 1. The Morgan fingerprint density at radius 3 is 2.96 bits per heavy atom. The van der Waals surface area contributed by atoms with Gasteiger partial charge in [-0.2, -0.15) is 0 Å². The number of imidazole rings is 1. The average Bonchev–Trinajstić information content (AvgIpc) is 3.28. The van der Waals surface area contributed by atoms with Gasteiger partial charge in [-0.1, -0.05) is 5.16 Å². The fraction of sp³-hybridized carbons (Fsp3) is 0.533. The SMILES string of the molecule is Cc1nonc1OCCNC1CCN(c2ncnc3nc[nH]c23)CC1. The predicted molar refractivity (Wildman–Crippen MR) is 89.5 cm³/mol. The van der Waals surface area contributed by atoms with Crippen LogP contribution in [0.3, 0.4) is 0 Å². The third-order valence-corrected chi connectivity index (χ3v) is 4.38. The molecule has 1 aliphatic rings. The van der Waals surface area contributed by atoms with E-state index in [-0.39, 0.29) is 0 Å². The molecule has 0 aliphatic carbocycles. The average molecular weight is 344 g/mol. The summed E-state index contributed by atoms with van der Waals surface area (Å²) in [5, 5.41) is 10.9. The van der Waals surface area contributed by atoms with Crippen molar-refractivity contribution in [2.75, 3.05) is 31.1 Å². The molecule has 1 fully saturated rings. The topological polar surface area (TPSA) is 118 Å². The van der Waals surface area contributed by atoms with Gasteiger partial charge in [0.05, 0.1) is 6.33 Å². The highest BCUT2D eigenvalue weighted by molar-refractivity contribution is 5.82. The Morgan fingerprint density at radius 1 is 1.28 bits per heavy atom. The standard InChI is InChI=1S/C15H20N8O2/c1-10-15(22-25-21-10)24-7-4-16-11-2-5-23(6-3-11)14-12-13(18-8-17-12)19-9-20-14/h8-9,11,16H,2-7H2,1H3,(H,17,18,19,20). The second-order valence-corrected chi connectivity index (χ2v) is 6.02. The van der Waals surface area contributed by atoms with E-state index in [2.05, 4.69) is 45.1 Å². The van der Waals surface area contributed by atoms with Crippen LogP contribution < -0.4 is 15.0 Å². The molecule has 3 aromatic heterocycles. The molecule has 0 unspecified atom stereocenters. The molecule has 0 atom stereocenters. The van der Waals surface area contributed by atoms with Crippen LogP contribution in [0.1, 0.15) is 18.5 Å². The summed E-state index contributed by atoms with van der Waals surface area (Å²) in [6.07, 6.45) is 5.32. The van der Waals surface area contributed by atoms with Crippen LogP contribution in [-0.2, 0) is 0 Å². The molecule has 1 saturated heterocycles. The van der Waals surface area contributed by atoms with Crippen LogP contribution in [-0.4, -0.2) is 62.5 Å². The summed E-state index contributed by atoms with van der Waals surface area (Å²) in [6, 6.07) is 0.468. The van der Waals surface area contributed by atoms with Gasteiger partial charge in [-0.15, -0.1) is 0 Å². The maximum absolute atomic E-state index is 5.53. The first-order valence-corrected chi connectivity index (χ1v) is 8.35. The van der Waals surface area contributed by atoms with Gasteiger partial charge in [-0.25, -0.2) is 19.6 Å². The van der Waals surface area contributed by atoms with Gasteiger partial charge >= 0.3 is 0 Å². The monoisotopic (exact) mass is 344 g/mol. The summed E-state index contributed by atoms with van der Waals surface area (Å²) in [5.41, 5.74) is 2.28. The molecule has 25 heavy (non-hydrogen) atoms. The highest BCUT2D eigenvalue weighted by Gasteiger charge is 2.22. The summed E-state index contributed by atoms with van der Waals surface area (Å²) < 4.78 is 10.1. The molecule has 2 N–H and O–H groups in total. The van der Waals surface area contributed by atoms with E-state index in [1.807, 2.05) is 0 Å². The van der Waals surface area contributed by atoms with E-state index in [0.29, 0.717) is 29.9 Å². The van der Waals surface area contributed by atoms with Gasteiger partial charge in [-0.3, -0.25) is 0 Å². The zero-order valence-corrected chi connectivity index (χ0v) is 14.0. The van der Waals surface area contributed by atoms with Gasteiger partial charge in [0.1, 0.15) is 24.1 Å². The van der Waals surface area contributed by atoms with Gasteiger partial charge in [0.2, 0.25) is 0 Å². The van der Waals surface area contributed by atoms with E-state index in [4.69, 9.17) is 4.74 Å². The zero-order chi connectivity index (χ0) is 17.1. The van der Waals surface area contributed by atoms with Crippen LogP contribution in [0.15, 0.2) is 17.3 Å². The summed E-state index contributed by atoms with van der Waals surface area (Å²) >= 11 is 0. The molecule has 0 saturated carbocycles. The first kappa shape index (κ1) is 15.8. The van der Waals surface area contributed by atoms with Crippen molar-refractivity contribution in [3.8, 4) is 5.88 Å². The Labute approximate surface area is 144 Å².